The van der Waals surface area contributed by atoms with Gasteiger partial charge in [0.2, 0.25) is 0 Å². The monoisotopic (exact) mass is 276 g/mol. The van der Waals surface area contributed by atoms with Crippen molar-refractivity contribution in [2.45, 2.75) is 51.0 Å². The first-order valence-corrected chi connectivity index (χ1v) is 7.80. The Kier molecular flexibility index (Phi) is 3.94. The molecule has 0 bridgehead atoms. The van der Waals surface area contributed by atoms with Gasteiger partial charge in [-0.3, -0.25) is 4.68 Å². The molecular weight excluding hydrogens is 252 g/mol. The highest BCUT2D eigenvalue weighted by Crippen LogP contribution is 2.34. The van der Waals surface area contributed by atoms with E-state index in [1.165, 1.54) is 38.5 Å². The van der Waals surface area contributed by atoms with E-state index in [-0.39, 0.29) is 6.03 Å². The molecule has 1 N–H and O–H groups in total. The second kappa shape index (κ2) is 5.85. The van der Waals surface area contributed by atoms with E-state index in [0.29, 0.717) is 12.0 Å². The number of rotatable bonds is 2. The number of carbonyl (C=O) groups is 1. The molecule has 20 heavy (non-hydrogen) atoms. The van der Waals surface area contributed by atoms with E-state index in [2.05, 4.69) is 15.3 Å². The van der Waals surface area contributed by atoms with Gasteiger partial charge in [-0.2, -0.15) is 5.10 Å². The van der Waals surface area contributed by atoms with Crippen LogP contribution < -0.4 is 5.32 Å². The quantitative estimate of drug-likeness (QED) is 0.902. The summed E-state index contributed by atoms with van der Waals surface area (Å²) in [4.78, 5) is 14.5. The number of urea groups is 1. The predicted octanol–water partition coefficient (Wildman–Crippen LogP) is 3.00. The molecule has 1 aromatic heterocycles. The Balaban J connectivity index is 1.63. The molecule has 1 unspecified atom stereocenters. The van der Waals surface area contributed by atoms with E-state index in [1.54, 1.807) is 10.9 Å². The third kappa shape index (κ3) is 2.81. The van der Waals surface area contributed by atoms with E-state index in [1.807, 2.05) is 13.2 Å². The van der Waals surface area contributed by atoms with Crippen molar-refractivity contribution < 1.29 is 4.79 Å². The van der Waals surface area contributed by atoms with Gasteiger partial charge in [0.15, 0.2) is 0 Å². The van der Waals surface area contributed by atoms with Crippen molar-refractivity contribution in [2.24, 2.45) is 13.0 Å². The summed E-state index contributed by atoms with van der Waals surface area (Å²) in [6.07, 6.45) is 12.5. The van der Waals surface area contributed by atoms with Crippen LogP contribution in [-0.4, -0.2) is 33.3 Å². The first-order chi connectivity index (χ1) is 9.74. The van der Waals surface area contributed by atoms with Crippen LogP contribution in [0.2, 0.25) is 0 Å². The number of hydrogen-bond donors (Lipinski definition) is 1. The molecular formula is C15H24N4O. The predicted molar refractivity (Wildman–Crippen MR) is 78.5 cm³/mol. The lowest BCUT2D eigenvalue weighted by molar-refractivity contribution is 0.166. The maximum Gasteiger partial charge on any atom is 0.322 e. The van der Waals surface area contributed by atoms with Crippen LogP contribution in [0.15, 0.2) is 12.4 Å². The Morgan fingerprint density at radius 2 is 2.05 bits per heavy atom. The average Bonchev–Trinajstić information content (AvgIpc) is 3.09. The second-order valence-corrected chi connectivity index (χ2v) is 6.13. The zero-order chi connectivity index (χ0) is 13.9. The van der Waals surface area contributed by atoms with Crippen molar-refractivity contribution in [3.05, 3.63) is 12.4 Å². The highest BCUT2D eigenvalue weighted by atomic mass is 16.2. The average molecular weight is 276 g/mol. The lowest BCUT2D eigenvalue weighted by Gasteiger charge is -2.33. The number of nitrogens with one attached hydrogen (secondary N) is 1. The van der Waals surface area contributed by atoms with Crippen LogP contribution in [0.5, 0.6) is 0 Å². The molecule has 1 saturated carbocycles. The molecule has 3 rings (SSSR count). The lowest BCUT2D eigenvalue weighted by Crippen LogP contribution is -2.43. The lowest BCUT2D eigenvalue weighted by atomic mass is 9.83. The summed E-state index contributed by atoms with van der Waals surface area (Å²) < 4.78 is 1.71. The minimum atomic E-state index is 0.0473. The third-order valence-electron chi connectivity index (χ3n) is 4.71. The summed E-state index contributed by atoms with van der Waals surface area (Å²) in [6, 6.07) is 0.498. The van der Waals surface area contributed by atoms with Crippen LogP contribution in [0.3, 0.4) is 0 Å². The van der Waals surface area contributed by atoms with Crippen LogP contribution in [0.1, 0.15) is 44.9 Å². The van der Waals surface area contributed by atoms with Crippen LogP contribution in [-0.2, 0) is 7.05 Å². The Hall–Kier alpha value is -1.52. The highest BCUT2D eigenvalue weighted by molar-refractivity contribution is 5.89. The molecule has 0 spiro atoms. The standard InChI is InChI=1S/C15H24N4O/c1-18-11-13(10-16-18)17-15(20)19-9-5-8-14(19)12-6-3-2-4-7-12/h10-12,14H,2-9H2,1H3,(H,17,20). The topological polar surface area (TPSA) is 50.2 Å². The molecule has 2 aliphatic rings. The van der Waals surface area contributed by atoms with E-state index in [4.69, 9.17) is 0 Å². The molecule has 5 nitrogen and oxygen atoms in total. The van der Waals surface area contributed by atoms with Crippen molar-refractivity contribution in [3.8, 4) is 0 Å². The molecule has 1 aliphatic carbocycles. The zero-order valence-electron chi connectivity index (χ0n) is 12.2. The molecule has 5 heteroatoms. The normalized spacial score (nSPS) is 24.1. The molecule has 1 saturated heterocycles. The summed E-state index contributed by atoms with van der Waals surface area (Å²) in [5, 5.41) is 7.07. The van der Waals surface area contributed by atoms with Crippen LogP contribution in [0.4, 0.5) is 10.5 Å². The summed E-state index contributed by atoms with van der Waals surface area (Å²) in [5.41, 5.74) is 0.784. The Morgan fingerprint density at radius 1 is 1.25 bits per heavy atom. The van der Waals surface area contributed by atoms with E-state index < -0.39 is 0 Å². The number of anilines is 1. The third-order valence-corrected chi connectivity index (χ3v) is 4.71. The Labute approximate surface area is 120 Å². The zero-order valence-corrected chi connectivity index (χ0v) is 12.2. The van der Waals surface area contributed by atoms with Crippen molar-refractivity contribution in [1.82, 2.24) is 14.7 Å². The molecule has 0 aromatic carbocycles. The van der Waals surface area contributed by atoms with Crippen LogP contribution in [0, 0.1) is 5.92 Å². The van der Waals surface area contributed by atoms with Gasteiger partial charge in [-0.15, -0.1) is 0 Å². The van der Waals surface area contributed by atoms with Gasteiger partial charge in [0.25, 0.3) is 0 Å². The fourth-order valence-corrected chi connectivity index (χ4v) is 3.73. The number of aromatic nitrogens is 2. The van der Waals surface area contributed by atoms with Crippen molar-refractivity contribution in [1.29, 1.82) is 0 Å². The molecule has 1 aromatic rings. The largest absolute Gasteiger partial charge is 0.322 e. The van der Waals surface area contributed by atoms with Gasteiger partial charge >= 0.3 is 6.03 Å². The summed E-state index contributed by atoms with van der Waals surface area (Å²) >= 11 is 0. The van der Waals surface area contributed by atoms with Crippen molar-refractivity contribution >= 4 is 11.7 Å². The molecule has 1 atom stereocenters. The van der Waals surface area contributed by atoms with E-state index in [9.17, 15) is 4.79 Å². The number of aryl methyl sites for hydroxylation is 1. The van der Waals surface area contributed by atoms with Crippen molar-refractivity contribution in [3.63, 3.8) is 0 Å². The first kappa shape index (κ1) is 13.5. The van der Waals surface area contributed by atoms with Crippen LogP contribution in [0.25, 0.3) is 0 Å². The number of amides is 2. The number of likely N-dealkylation sites (tertiary alicyclic amines) is 1. The smallest absolute Gasteiger partial charge is 0.321 e. The first-order valence-electron chi connectivity index (χ1n) is 7.80. The summed E-state index contributed by atoms with van der Waals surface area (Å²) in [5.74, 6) is 0.714. The van der Waals surface area contributed by atoms with Crippen molar-refractivity contribution in [2.75, 3.05) is 11.9 Å². The fourth-order valence-electron chi connectivity index (χ4n) is 3.73. The molecule has 2 heterocycles. The van der Waals surface area contributed by atoms with Gasteiger partial charge in [0.1, 0.15) is 0 Å². The minimum Gasteiger partial charge on any atom is -0.321 e. The molecule has 2 fully saturated rings. The molecule has 2 amide bonds. The highest BCUT2D eigenvalue weighted by Gasteiger charge is 2.35. The molecule has 110 valence electrons. The summed E-state index contributed by atoms with van der Waals surface area (Å²) in [7, 11) is 1.86. The summed E-state index contributed by atoms with van der Waals surface area (Å²) in [6.45, 7) is 0.896. The molecule has 0 radical (unpaired) electrons. The molecule has 1 aliphatic heterocycles. The van der Waals surface area contributed by atoms with Gasteiger partial charge < -0.3 is 10.2 Å². The van der Waals surface area contributed by atoms with E-state index >= 15 is 0 Å². The maximum absolute atomic E-state index is 12.5. The fraction of sp³-hybridized carbons (Fsp3) is 0.733. The van der Waals surface area contributed by atoms with Gasteiger partial charge in [0, 0.05) is 25.8 Å². The van der Waals surface area contributed by atoms with Gasteiger partial charge in [0.05, 0.1) is 11.9 Å². The SMILES string of the molecule is Cn1cc(NC(=O)N2CCCC2C2CCCCC2)cn1. The minimum absolute atomic E-state index is 0.0473. The Bertz CT molecular complexity index is 464. The number of hydrogen-bond acceptors (Lipinski definition) is 2. The second-order valence-electron chi connectivity index (χ2n) is 6.13. The van der Waals surface area contributed by atoms with Gasteiger partial charge in [-0.05, 0) is 31.6 Å². The number of nitrogens with zero attached hydrogens (tertiary/aromatic N) is 3. The number of carbonyl (C=O) groups excluding carboxylic acids is 1. The van der Waals surface area contributed by atoms with Gasteiger partial charge in [-0.1, -0.05) is 19.3 Å². The van der Waals surface area contributed by atoms with E-state index in [0.717, 1.165) is 18.7 Å². The Morgan fingerprint density at radius 3 is 2.75 bits per heavy atom. The van der Waals surface area contributed by atoms with Crippen LogP contribution >= 0.6 is 0 Å². The maximum atomic E-state index is 12.5. The van der Waals surface area contributed by atoms with Gasteiger partial charge in [-0.25, -0.2) is 4.79 Å².